The summed E-state index contributed by atoms with van der Waals surface area (Å²) in [5, 5.41) is 0. The molecule has 9 nitrogen and oxygen atoms in total. The smallest absolute Gasteiger partial charge is 0.268 e. The Labute approximate surface area is 331 Å². The summed E-state index contributed by atoms with van der Waals surface area (Å²) in [5.74, 6) is -0.0732. The molecule has 0 radical (unpaired) electrons. The van der Waals surface area contributed by atoms with Crippen molar-refractivity contribution >= 4 is 19.4 Å². The third-order valence-corrected chi connectivity index (χ3v) is 9.75. The van der Waals surface area contributed by atoms with Crippen LogP contribution < -0.4 is 4.89 Å². The maximum atomic E-state index is 12.6. The normalized spacial score (nSPS) is 14.3. The molecule has 0 aromatic rings. The van der Waals surface area contributed by atoms with E-state index >= 15 is 0 Å². The largest absolute Gasteiger partial charge is 0.756 e. The van der Waals surface area contributed by atoms with Gasteiger partial charge in [0.05, 0.1) is 34.4 Å². The van der Waals surface area contributed by atoms with Gasteiger partial charge in [0.25, 0.3) is 7.82 Å². The molecule has 0 heterocycles. The molecule has 0 N–H and O–H groups in total. The summed E-state index contributed by atoms with van der Waals surface area (Å²) in [6.07, 6.45) is 39.9. The highest BCUT2D eigenvalue weighted by molar-refractivity contribution is 7.45. The Hall–Kier alpha value is -1.71. The lowest BCUT2D eigenvalue weighted by Gasteiger charge is -2.28. The maximum Gasteiger partial charge on any atom is 0.268 e. The number of phosphoric ester groups is 1. The number of rotatable bonds is 40. The molecule has 54 heavy (non-hydrogen) atoms. The Morgan fingerprint density at radius 3 is 1.50 bits per heavy atom. The minimum absolute atomic E-state index is 0.0142. The highest BCUT2D eigenvalue weighted by Crippen LogP contribution is 2.38. The monoisotopic (exact) mass is 782 g/mol. The second-order valence-electron chi connectivity index (χ2n) is 15.4. The van der Waals surface area contributed by atoms with Gasteiger partial charge in [0.1, 0.15) is 32.5 Å². The molecule has 0 aromatic heterocycles. The number of hydrogen-bond acceptors (Lipinski definition) is 8. The number of nitrogens with zero attached hydrogens (tertiary/aromatic N) is 1. The number of phosphoric acid groups is 1. The van der Waals surface area contributed by atoms with E-state index in [4.69, 9.17) is 18.5 Å². The lowest BCUT2D eigenvalue weighted by molar-refractivity contribution is -0.870. The summed E-state index contributed by atoms with van der Waals surface area (Å²) in [6, 6.07) is 0. The fourth-order valence-corrected chi connectivity index (χ4v) is 6.08. The molecule has 0 saturated carbocycles. The predicted molar refractivity (Wildman–Crippen MR) is 222 cm³/mol. The van der Waals surface area contributed by atoms with Gasteiger partial charge in [0.2, 0.25) is 0 Å². The van der Waals surface area contributed by atoms with Crippen LogP contribution in [0.3, 0.4) is 0 Å². The van der Waals surface area contributed by atoms with Crippen molar-refractivity contribution in [2.24, 2.45) is 0 Å². The first-order valence-corrected chi connectivity index (χ1v) is 22.7. The van der Waals surface area contributed by atoms with Gasteiger partial charge in [-0.15, -0.1) is 0 Å². The average Bonchev–Trinajstić information content (AvgIpc) is 3.12. The molecule has 0 amide bonds. The number of quaternary nitrogens is 1. The van der Waals surface area contributed by atoms with Crippen LogP contribution in [-0.2, 0) is 32.7 Å². The van der Waals surface area contributed by atoms with Gasteiger partial charge in [-0.1, -0.05) is 114 Å². The number of unbranched alkanes of at least 4 members (excludes halogenated alkanes) is 14. The second-order valence-corrected chi connectivity index (χ2v) is 16.8. The highest BCUT2D eigenvalue weighted by Gasteiger charge is 2.19. The Kier molecular flexibility index (Phi) is 35.7. The Bertz CT molecular complexity index is 1070. The molecule has 0 fully saturated rings. The molecule has 0 bridgehead atoms. The van der Waals surface area contributed by atoms with Crippen LogP contribution in [0, 0.1) is 0 Å². The number of carbonyl (C=O) groups excluding carboxylic acids is 2. The minimum Gasteiger partial charge on any atom is -0.756 e. The average molecular weight is 782 g/mol. The van der Waals surface area contributed by atoms with Gasteiger partial charge in [-0.2, -0.15) is 0 Å². The van der Waals surface area contributed by atoms with Gasteiger partial charge in [-0.05, 0) is 77.0 Å². The van der Waals surface area contributed by atoms with Crippen molar-refractivity contribution in [3.8, 4) is 0 Å². The molecule has 0 saturated heterocycles. The fraction of sp³-hybridized carbons (Fsp3) is 0.773. The van der Waals surface area contributed by atoms with E-state index in [1.54, 1.807) is 0 Å². The fourth-order valence-electron chi connectivity index (χ4n) is 5.36. The van der Waals surface area contributed by atoms with Crippen LogP contribution >= 0.6 is 7.82 Å². The van der Waals surface area contributed by atoms with Crippen LogP contribution in [0.25, 0.3) is 0 Å². The zero-order chi connectivity index (χ0) is 40.0. The van der Waals surface area contributed by atoms with E-state index in [2.05, 4.69) is 62.5 Å². The molecular formula is C44H80NO8P. The van der Waals surface area contributed by atoms with Crippen LogP contribution in [0.4, 0.5) is 0 Å². The number of Topliss-reactive ketones (excluding diaryl/α,β-unsaturated/α-hetero) is 2. The van der Waals surface area contributed by atoms with Crippen molar-refractivity contribution < 1.29 is 42.1 Å². The van der Waals surface area contributed by atoms with E-state index in [-0.39, 0.29) is 44.6 Å². The van der Waals surface area contributed by atoms with Crippen molar-refractivity contribution in [2.45, 2.75) is 161 Å². The topological polar surface area (TPSA) is 111 Å². The highest BCUT2D eigenvalue weighted by atomic mass is 31.2. The van der Waals surface area contributed by atoms with E-state index < -0.39 is 13.9 Å². The van der Waals surface area contributed by atoms with Crippen molar-refractivity contribution in [1.82, 2.24) is 0 Å². The first-order valence-electron chi connectivity index (χ1n) is 21.2. The van der Waals surface area contributed by atoms with E-state index in [0.29, 0.717) is 23.9 Å². The first-order chi connectivity index (χ1) is 26.0. The second kappa shape index (κ2) is 36.9. The number of likely N-dealkylation sites (N-methyl/N-ethyl adjacent to an activating group) is 1. The molecule has 1 unspecified atom stereocenters. The lowest BCUT2D eigenvalue weighted by Crippen LogP contribution is -2.37. The van der Waals surface area contributed by atoms with Crippen LogP contribution in [0.15, 0.2) is 48.6 Å². The van der Waals surface area contributed by atoms with Gasteiger partial charge in [0.15, 0.2) is 11.6 Å². The number of carbonyl (C=O) groups is 2. The lowest BCUT2D eigenvalue weighted by atomic mass is 10.1. The van der Waals surface area contributed by atoms with Gasteiger partial charge in [0, 0.05) is 12.8 Å². The van der Waals surface area contributed by atoms with E-state index in [1.165, 1.54) is 51.4 Å². The Balaban J connectivity index is 4.42. The number of hydrogen-bond donors (Lipinski definition) is 0. The summed E-state index contributed by atoms with van der Waals surface area (Å²) in [5.41, 5.74) is 0. The first kappa shape index (κ1) is 52.3. The summed E-state index contributed by atoms with van der Waals surface area (Å²) in [7, 11) is 1.22. The summed E-state index contributed by atoms with van der Waals surface area (Å²) in [4.78, 5) is 37.4. The molecule has 0 aliphatic heterocycles. The van der Waals surface area contributed by atoms with Gasteiger partial charge in [-0.3, -0.25) is 14.2 Å². The van der Waals surface area contributed by atoms with Crippen LogP contribution in [0.2, 0.25) is 0 Å². The van der Waals surface area contributed by atoms with Gasteiger partial charge in [-0.25, -0.2) is 0 Å². The van der Waals surface area contributed by atoms with Crippen molar-refractivity contribution in [1.29, 1.82) is 0 Å². The molecule has 314 valence electrons. The summed E-state index contributed by atoms with van der Waals surface area (Å²) >= 11 is 0. The van der Waals surface area contributed by atoms with Crippen LogP contribution in [0.1, 0.15) is 155 Å². The SMILES string of the molecule is CCCCC/C=C\C/C=C\CCCCCCC(=O)COC[C@H](COP(=O)([O-])OCC[N+](C)(C)C)OCC(=O)CCCCCC/C=C\C/C=C\CCCCC. The van der Waals surface area contributed by atoms with E-state index in [1.807, 2.05) is 21.1 Å². The molecular weight excluding hydrogens is 701 g/mol. The molecule has 0 aliphatic carbocycles. The molecule has 2 atom stereocenters. The summed E-state index contributed by atoms with van der Waals surface area (Å²) in [6.45, 7) is 4.22. The van der Waals surface area contributed by atoms with E-state index in [9.17, 15) is 19.0 Å². The van der Waals surface area contributed by atoms with Crippen LogP contribution in [-0.4, -0.2) is 82.9 Å². The summed E-state index contributed by atoms with van der Waals surface area (Å²) < 4.78 is 34.4. The third kappa shape index (κ3) is 40.0. The zero-order valence-electron chi connectivity index (χ0n) is 35.2. The van der Waals surface area contributed by atoms with Gasteiger partial charge >= 0.3 is 0 Å². The quantitative estimate of drug-likeness (QED) is 0.0261. The van der Waals surface area contributed by atoms with Crippen molar-refractivity contribution in [2.75, 3.05) is 60.7 Å². The standard InChI is InChI=1S/C44H80NO8P/c1-6-8-10-12-14-16-18-20-22-24-26-28-30-32-34-42(46)38-50-40-44(41-53-54(48,49)52-37-36-45(3,4)5)51-39-43(47)35-33-31-29-27-25-23-21-19-17-15-13-11-9-7-2/h14-17,20-23,44H,6-13,18-19,24-41H2,1-5H3/b16-14-,17-15-,22-20-,23-21-/t44-/m1/s1. The van der Waals surface area contributed by atoms with Crippen molar-refractivity contribution in [3.05, 3.63) is 48.6 Å². The molecule has 0 spiro atoms. The van der Waals surface area contributed by atoms with Gasteiger partial charge < -0.3 is 27.9 Å². The molecule has 10 heteroatoms. The third-order valence-electron chi connectivity index (χ3n) is 8.79. The predicted octanol–water partition coefficient (Wildman–Crippen LogP) is 10.6. The number of ether oxygens (including phenoxy) is 2. The Morgan fingerprint density at radius 2 is 1.04 bits per heavy atom. The zero-order valence-corrected chi connectivity index (χ0v) is 36.0. The Morgan fingerprint density at radius 1 is 0.593 bits per heavy atom. The minimum atomic E-state index is -4.58. The number of ketones is 2. The van der Waals surface area contributed by atoms with Crippen LogP contribution in [0.5, 0.6) is 0 Å². The molecule has 0 rings (SSSR count). The number of allylic oxidation sites excluding steroid dienone is 8. The van der Waals surface area contributed by atoms with E-state index in [0.717, 1.165) is 77.0 Å². The van der Waals surface area contributed by atoms with Crippen molar-refractivity contribution in [3.63, 3.8) is 0 Å². The molecule has 0 aromatic carbocycles. The molecule has 0 aliphatic rings. The maximum absolute atomic E-state index is 12.6.